The van der Waals surface area contributed by atoms with Crippen LogP contribution in [-0.4, -0.2) is 37.0 Å². The molecule has 0 unspecified atom stereocenters. The fourth-order valence-electron chi connectivity index (χ4n) is 3.25. The minimum atomic E-state index is 0.219. The van der Waals surface area contributed by atoms with E-state index in [1.165, 1.54) is 18.5 Å². The van der Waals surface area contributed by atoms with Crippen LogP contribution in [0.1, 0.15) is 41.6 Å². The summed E-state index contributed by atoms with van der Waals surface area (Å²) in [6.45, 7) is 6.19. The van der Waals surface area contributed by atoms with Crippen LogP contribution < -0.4 is 4.90 Å². The number of anilines is 1. The van der Waals surface area contributed by atoms with Crippen LogP contribution in [0.3, 0.4) is 0 Å². The van der Waals surface area contributed by atoms with Gasteiger partial charge < -0.3 is 9.80 Å². The maximum absolute atomic E-state index is 12.5. The van der Waals surface area contributed by atoms with E-state index in [1.54, 1.807) is 0 Å². The molecule has 2 fully saturated rings. The van der Waals surface area contributed by atoms with Crippen molar-refractivity contribution >= 4 is 11.6 Å². The number of amides is 1. The van der Waals surface area contributed by atoms with Gasteiger partial charge in [-0.05, 0) is 50.3 Å². The molecule has 1 aromatic rings. The molecule has 0 aliphatic carbocycles. The second-order valence-corrected chi connectivity index (χ2v) is 5.64. The molecule has 2 saturated heterocycles. The summed E-state index contributed by atoms with van der Waals surface area (Å²) in [4.78, 5) is 17.0. The Hall–Kier alpha value is -1.51. The van der Waals surface area contributed by atoms with Crippen LogP contribution in [0.5, 0.6) is 0 Å². The summed E-state index contributed by atoms with van der Waals surface area (Å²) in [6, 6.07) is 6.17. The Morgan fingerprint density at radius 2 is 1.63 bits per heavy atom. The molecular weight excluding hydrogens is 236 g/mol. The zero-order valence-electron chi connectivity index (χ0n) is 11.7. The highest BCUT2D eigenvalue weighted by Gasteiger charge is 2.23. The molecule has 2 aliphatic heterocycles. The summed E-state index contributed by atoms with van der Waals surface area (Å²) in [5.41, 5.74) is 3.30. The molecule has 0 N–H and O–H groups in total. The SMILES string of the molecule is Cc1c(C(=O)N2CCCC2)cccc1N1CCCC1. The molecule has 3 heteroatoms. The standard InChI is InChI=1S/C16H22N2O/c1-13-14(16(19)18-11-4-5-12-18)7-6-8-15(13)17-9-2-3-10-17/h6-8H,2-5,9-12H2,1H3. The van der Waals surface area contributed by atoms with E-state index < -0.39 is 0 Å². The molecule has 1 amide bonds. The van der Waals surface area contributed by atoms with Crippen LogP contribution in [0.25, 0.3) is 0 Å². The molecular formula is C16H22N2O. The summed E-state index contributed by atoms with van der Waals surface area (Å²) in [5, 5.41) is 0. The zero-order chi connectivity index (χ0) is 13.2. The Balaban J connectivity index is 1.88. The quantitative estimate of drug-likeness (QED) is 0.814. The van der Waals surface area contributed by atoms with Gasteiger partial charge in [-0.3, -0.25) is 4.79 Å². The van der Waals surface area contributed by atoms with Gasteiger partial charge in [0.15, 0.2) is 0 Å². The number of rotatable bonds is 2. The van der Waals surface area contributed by atoms with Crippen LogP contribution in [-0.2, 0) is 0 Å². The third-order valence-electron chi connectivity index (χ3n) is 4.38. The molecule has 0 spiro atoms. The van der Waals surface area contributed by atoms with Crippen molar-refractivity contribution in [1.82, 2.24) is 4.90 Å². The second kappa shape index (κ2) is 5.24. The molecule has 102 valence electrons. The third-order valence-corrected chi connectivity index (χ3v) is 4.38. The van der Waals surface area contributed by atoms with Crippen LogP contribution in [0.2, 0.25) is 0 Å². The molecule has 3 nitrogen and oxygen atoms in total. The minimum absolute atomic E-state index is 0.219. The Bertz CT molecular complexity index is 472. The van der Waals surface area contributed by atoms with Crippen LogP contribution in [0.4, 0.5) is 5.69 Å². The lowest BCUT2D eigenvalue weighted by molar-refractivity contribution is 0.0792. The highest BCUT2D eigenvalue weighted by Crippen LogP contribution is 2.27. The molecule has 0 bridgehead atoms. The number of likely N-dealkylation sites (tertiary alicyclic amines) is 1. The number of benzene rings is 1. The summed E-state index contributed by atoms with van der Waals surface area (Å²) in [6.07, 6.45) is 4.83. The van der Waals surface area contributed by atoms with E-state index in [2.05, 4.69) is 17.9 Å². The normalized spacial score (nSPS) is 19.2. The molecule has 1 aromatic carbocycles. The van der Waals surface area contributed by atoms with Crippen molar-refractivity contribution < 1.29 is 4.79 Å². The van der Waals surface area contributed by atoms with Gasteiger partial charge in [0.1, 0.15) is 0 Å². The first kappa shape index (κ1) is 12.5. The van der Waals surface area contributed by atoms with Gasteiger partial charge >= 0.3 is 0 Å². The van der Waals surface area contributed by atoms with Gasteiger partial charge in [-0.15, -0.1) is 0 Å². The lowest BCUT2D eigenvalue weighted by atomic mass is 10.0. The Kier molecular flexibility index (Phi) is 3.45. The molecule has 2 heterocycles. The summed E-state index contributed by atoms with van der Waals surface area (Å²) >= 11 is 0. The second-order valence-electron chi connectivity index (χ2n) is 5.64. The van der Waals surface area contributed by atoms with Crippen molar-refractivity contribution in [3.8, 4) is 0 Å². The van der Waals surface area contributed by atoms with Crippen molar-refractivity contribution in [3.05, 3.63) is 29.3 Å². The number of hydrogen-bond donors (Lipinski definition) is 0. The van der Waals surface area contributed by atoms with E-state index >= 15 is 0 Å². The highest BCUT2D eigenvalue weighted by molar-refractivity contribution is 5.97. The van der Waals surface area contributed by atoms with E-state index in [0.29, 0.717) is 0 Å². The smallest absolute Gasteiger partial charge is 0.254 e. The summed E-state index contributed by atoms with van der Waals surface area (Å²) in [5.74, 6) is 0.219. The van der Waals surface area contributed by atoms with E-state index in [0.717, 1.165) is 50.1 Å². The number of nitrogens with zero attached hydrogens (tertiary/aromatic N) is 2. The van der Waals surface area contributed by atoms with Gasteiger partial charge in [0.25, 0.3) is 5.91 Å². The van der Waals surface area contributed by atoms with Crippen molar-refractivity contribution in [2.75, 3.05) is 31.1 Å². The molecule has 0 radical (unpaired) electrons. The fraction of sp³-hybridized carbons (Fsp3) is 0.562. The zero-order valence-corrected chi connectivity index (χ0v) is 11.7. The van der Waals surface area contributed by atoms with Gasteiger partial charge in [-0.1, -0.05) is 6.07 Å². The predicted octanol–water partition coefficient (Wildman–Crippen LogP) is 2.83. The largest absolute Gasteiger partial charge is 0.371 e. The van der Waals surface area contributed by atoms with Crippen molar-refractivity contribution in [1.29, 1.82) is 0 Å². The fourth-order valence-corrected chi connectivity index (χ4v) is 3.25. The van der Waals surface area contributed by atoms with E-state index in [9.17, 15) is 4.79 Å². The average molecular weight is 258 g/mol. The van der Waals surface area contributed by atoms with Gasteiger partial charge in [-0.2, -0.15) is 0 Å². The van der Waals surface area contributed by atoms with E-state index in [1.807, 2.05) is 17.0 Å². The average Bonchev–Trinajstić information content (AvgIpc) is 3.11. The number of carbonyl (C=O) groups excluding carboxylic acids is 1. The number of hydrogen-bond acceptors (Lipinski definition) is 2. The first-order chi connectivity index (χ1) is 9.27. The van der Waals surface area contributed by atoms with Gasteiger partial charge in [0, 0.05) is 37.4 Å². The first-order valence-corrected chi connectivity index (χ1v) is 7.41. The van der Waals surface area contributed by atoms with Crippen molar-refractivity contribution in [2.24, 2.45) is 0 Å². The number of carbonyl (C=O) groups is 1. The highest BCUT2D eigenvalue weighted by atomic mass is 16.2. The van der Waals surface area contributed by atoms with Crippen molar-refractivity contribution in [2.45, 2.75) is 32.6 Å². The summed E-state index contributed by atoms with van der Waals surface area (Å²) in [7, 11) is 0. The van der Waals surface area contributed by atoms with E-state index in [-0.39, 0.29) is 5.91 Å². The van der Waals surface area contributed by atoms with Gasteiger partial charge in [0.05, 0.1) is 0 Å². The van der Waals surface area contributed by atoms with Gasteiger partial charge in [0.2, 0.25) is 0 Å². The molecule has 19 heavy (non-hydrogen) atoms. The maximum atomic E-state index is 12.5. The molecule has 2 aliphatic rings. The lowest BCUT2D eigenvalue weighted by Gasteiger charge is -2.23. The molecule has 3 rings (SSSR count). The summed E-state index contributed by atoms with van der Waals surface area (Å²) < 4.78 is 0. The van der Waals surface area contributed by atoms with Crippen molar-refractivity contribution in [3.63, 3.8) is 0 Å². The maximum Gasteiger partial charge on any atom is 0.254 e. The minimum Gasteiger partial charge on any atom is -0.371 e. The van der Waals surface area contributed by atoms with E-state index in [4.69, 9.17) is 0 Å². The predicted molar refractivity (Wildman–Crippen MR) is 77.8 cm³/mol. The monoisotopic (exact) mass is 258 g/mol. The molecule has 0 atom stereocenters. The van der Waals surface area contributed by atoms with Crippen LogP contribution >= 0.6 is 0 Å². The molecule has 0 aromatic heterocycles. The topological polar surface area (TPSA) is 23.6 Å². The Labute approximate surface area is 115 Å². The van der Waals surface area contributed by atoms with Gasteiger partial charge in [-0.25, -0.2) is 0 Å². The first-order valence-electron chi connectivity index (χ1n) is 7.41. The Morgan fingerprint density at radius 3 is 2.32 bits per heavy atom. The van der Waals surface area contributed by atoms with Crippen LogP contribution in [0.15, 0.2) is 18.2 Å². The lowest BCUT2D eigenvalue weighted by Crippen LogP contribution is -2.29. The van der Waals surface area contributed by atoms with Crippen LogP contribution in [0, 0.1) is 6.92 Å². The molecule has 0 saturated carbocycles. The Morgan fingerprint density at radius 1 is 1.00 bits per heavy atom. The third kappa shape index (κ3) is 2.34.